The van der Waals surface area contributed by atoms with E-state index < -0.39 is 0 Å². The summed E-state index contributed by atoms with van der Waals surface area (Å²) >= 11 is 5.85. The third-order valence-electron chi connectivity index (χ3n) is 5.06. The molecular formula is C23H27ClFN3O. The van der Waals surface area contributed by atoms with E-state index in [0.29, 0.717) is 17.3 Å². The van der Waals surface area contributed by atoms with Crippen LogP contribution in [0.15, 0.2) is 54.6 Å². The van der Waals surface area contributed by atoms with Crippen LogP contribution in [0.3, 0.4) is 0 Å². The van der Waals surface area contributed by atoms with Crippen LogP contribution in [-0.2, 0) is 4.79 Å². The maximum atomic E-state index is 13.9. The van der Waals surface area contributed by atoms with E-state index in [9.17, 15) is 9.18 Å². The SMILES string of the molecule is O=C(/C=C/c1ccc(Cl)cc1)NCCCCN1CCN(c2ccccc2F)CC1. The van der Waals surface area contributed by atoms with Crippen molar-refractivity contribution in [2.45, 2.75) is 12.8 Å². The Hall–Kier alpha value is -2.37. The van der Waals surface area contributed by atoms with Crippen LogP contribution in [0.5, 0.6) is 0 Å². The van der Waals surface area contributed by atoms with Crippen LogP contribution < -0.4 is 10.2 Å². The maximum absolute atomic E-state index is 13.9. The van der Waals surface area contributed by atoms with E-state index in [1.165, 1.54) is 6.07 Å². The molecule has 1 heterocycles. The fourth-order valence-corrected chi connectivity index (χ4v) is 3.52. The zero-order valence-electron chi connectivity index (χ0n) is 16.5. The second-order valence-electron chi connectivity index (χ2n) is 7.16. The van der Waals surface area contributed by atoms with E-state index >= 15 is 0 Å². The predicted octanol–water partition coefficient (Wildman–Crippen LogP) is 4.21. The minimum atomic E-state index is -0.151. The van der Waals surface area contributed by atoms with Gasteiger partial charge < -0.3 is 10.2 Å². The molecule has 1 fully saturated rings. The maximum Gasteiger partial charge on any atom is 0.243 e. The fraction of sp³-hybridized carbons (Fsp3) is 0.348. The molecule has 0 unspecified atom stereocenters. The molecule has 154 valence electrons. The van der Waals surface area contributed by atoms with Crippen LogP contribution >= 0.6 is 11.6 Å². The molecule has 0 aliphatic carbocycles. The first-order valence-corrected chi connectivity index (χ1v) is 10.4. The largest absolute Gasteiger partial charge is 0.367 e. The molecule has 2 aromatic carbocycles. The smallest absolute Gasteiger partial charge is 0.243 e. The van der Waals surface area contributed by atoms with Gasteiger partial charge in [-0.1, -0.05) is 35.9 Å². The van der Waals surface area contributed by atoms with Crippen LogP contribution in [-0.4, -0.2) is 50.1 Å². The second kappa shape index (κ2) is 11.0. The van der Waals surface area contributed by atoms with Gasteiger partial charge in [-0.05, 0) is 55.3 Å². The number of hydrogen-bond acceptors (Lipinski definition) is 3. The van der Waals surface area contributed by atoms with Crippen molar-refractivity contribution in [2.24, 2.45) is 0 Å². The summed E-state index contributed by atoms with van der Waals surface area (Å²) < 4.78 is 13.9. The molecule has 0 atom stereocenters. The Morgan fingerprint density at radius 2 is 1.76 bits per heavy atom. The van der Waals surface area contributed by atoms with Crippen molar-refractivity contribution in [3.8, 4) is 0 Å². The Bertz CT molecular complexity index is 817. The second-order valence-corrected chi connectivity index (χ2v) is 7.60. The Labute approximate surface area is 177 Å². The number of benzene rings is 2. The van der Waals surface area contributed by atoms with Gasteiger partial charge in [-0.25, -0.2) is 4.39 Å². The lowest BCUT2D eigenvalue weighted by atomic mass is 10.2. The average molecular weight is 416 g/mol. The Morgan fingerprint density at radius 1 is 1.03 bits per heavy atom. The summed E-state index contributed by atoms with van der Waals surface area (Å²) in [6.07, 6.45) is 5.29. The standard InChI is InChI=1S/C23H27ClFN3O/c24-20-10-7-19(8-11-20)9-12-23(29)26-13-3-4-14-27-15-17-28(18-16-27)22-6-2-1-5-21(22)25/h1-2,5-12H,3-4,13-18H2,(H,26,29)/b12-9+. The minimum absolute atomic E-state index is 0.0848. The van der Waals surface area contributed by atoms with Crippen LogP contribution in [0.4, 0.5) is 10.1 Å². The number of para-hydroxylation sites is 1. The van der Waals surface area contributed by atoms with Gasteiger partial charge >= 0.3 is 0 Å². The van der Waals surface area contributed by atoms with E-state index in [-0.39, 0.29) is 11.7 Å². The van der Waals surface area contributed by atoms with E-state index in [1.807, 2.05) is 24.3 Å². The number of anilines is 1. The van der Waals surface area contributed by atoms with Crippen molar-refractivity contribution in [1.82, 2.24) is 10.2 Å². The van der Waals surface area contributed by atoms with Crippen LogP contribution in [0, 0.1) is 5.82 Å². The van der Waals surface area contributed by atoms with Crippen LogP contribution in [0.1, 0.15) is 18.4 Å². The molecule has 0 saturated carbocycles. The summed E-state index contributed by atoms with van der Waals surface area (Å²) in [5.74, 6) is -0.236. The number of rotatable bonds is 8. The minimum Gasteiger partial charge on any atom is -0.367 e. The number of unbranched alkanes of at least 4 members (excludes halogenated alkanes) is 1. The van der Waals surface area contributed by atoms with Crippen molar-refractivity contribution in [3.63, 3.8) is 0 Å². The highest BCUT2D eigenvalue weighted by atomic mass is 35.5. The number of nitrogens with one attached hydrogen (secondary N) is 1. The van der Waals surface area contributed by atoms with Gasteiger partial charge in [-0.3, -0.25) is 9.69 Å². The third kappa shape index (κ3) is 6.87. The topological polar surface area (TPSA) is 35.6 Å². The number of carbonyl (C=O) groups excluding carboxylic acids is 1. The molecule has 0 spiro atoms. The Balaban J connectivity index is 1.28. The zero-order valence-corrected chi connectivity index (χ0v) is 17.2. The fourth-order valence-electron chi connectivity index (χ4n) is 3.40. The molecule has 1 N–H and O–H groups in total. The molecule has 1 aliphatic rings. The van der Waals surface area contributed by atoms with Gasteiger partial charge in [0.2, 0.25) is 5.91 Å². The third-order valence-corrected chi connectivity index (χ3v) is 5.31. The first-order chi connectivity index (χ1) is 14.1. The van der Waals surface area contributed by atoms with Crippen LogP contribution in [0.2, 0.25) is 5.02 Å². The number of halogens is 2. The monoisotopic (exact) mass is 415 g/mol. The highest BCUT2D eigenvalue weighted by Crippen LogP contribution is 2.20. The Kier molecular flexibility index (Phi) is 8.08. The van der Waals surface area contributed by atoms with Crippen molar-refractivity contribution >= 4 is 29.3 Å². The lowest BCUT2D eigenvalue weighted by Crippen LogP contribution is -2.47. The molecule has 4 nitrogen and oxygen atoms in total. The Morgan fingerprint density at radius 3 is 2.48 bits per heavy atom. The van der Waals surface area contributed by atoms with Gasteiger partial charge in [0.05, 0.1) is 5.69 Å². The number of hydrogen-bond donors (Lipinski definition) is 1. The molecule has 29 heavy (non-hydrogen) atoms. The summed E-state index contributed by atoms with van der Waals surface area (Å²) in [7, 11) is 0. The summed E-state index contributed by atoms with van der Waals surface area (Å²) in [5.41, 5.74) is 1.64. The number of piperazine rings is 1. The normalized spacial score (nSPS) is 15.0. The van der Waals surface area contributed by atoms with Crippen molar-refractivity contribution in [1.29, 1.82) is 0 Å². The van der Waals surface area contributed by atoms with Gasteiger partial charge in [0.1, 0.15) is 5.82 Å². The van der Waals surface area contributed by atoms with E-state index in [2.05, 4.69) is 15.1 Å². The molecule has 0 aromatic heterocycles. The van der Waals surface area contributed by atoms with Crippen LogP contribution in [0.25, 0.3) is 6.08 Å². The van der Waals surface area contributed by atoms with Crippen molar-refractivity contribution in [3.05, 3.63) is 71.0 Å². The molecule has 0 bridgehead atoms. The van der Waals surface area contributed by atoms with E-state index in [4.69, 9.17) is 11.6 Å². The zero-order chi connectivity index (χ0) is 20.5. The van der Waals surface area contributed by atoms with E-state index in [1.54, 1.807) is 30.4 Å². The first-order valence-electron chi connectivity index (χ1n) is 10.0. The summed E-state index contributed by atoms with van der Waals surface area (Å²) in [5, 5.41) is 3.60. The van der Waals surface area contributed by atoms with Gasteiger partial charge in [0.25, 0.3) is 0 Å². The highest BCUT2D eigenvalue weighted by molar-refractivity contribution is 6.30. The molecular weight excluding hydrogens is 389 g/mol. The van der Waals surface area contributed by atoms with Gasteiger partial charge in [-0.2, -0.15) is 0 Å². The molecule has 1 amide bonds. The molecule has 0 radical (unpaired) electrons. The quantitative estimate of drug-likeness (QED) is 0.518. The summed E-state index contributed by atoms with van der Waals surface area (Å²) in [6.45, 7) is 5.22. The highest BCUT2D eigenvalue weighted by Gasteiger charge is 2.18. The molecule has 3 rings (SSSR count). The first kappa shape index (κ1) is 21.3. The predicted molar refractivity (Wildman–Crippen MR) is 118 cm³/mol. The molecule has 6 heteroatoms. The lowest BCUT2D eigenvalue weighted by Gasteiger charge is -2.36. The number of nitrogens with zero attached hydrogens (tertiary/aromatic N) is 2. The summed E-state index contributed by atoms with van der Waals surface area (Å²) in [4.78, 5) is 16.4. The van der Waals surface area contributed by atoms with Crippen molar-refractivity contribution in [2.75, 3.05) is 44.2 Å². The molecule has 2 aromatic rings. The average Bonchev–Trinajstić information content (AvgIpc) is 2.74. The summed E-state index contributed by atoms with van der Waals surface area (Å²) in [6, 6.07) is 14.3. The lowest BCUT2D eigenvalue weighted by molar-refractivity contribution is -0.116. The van der Waals surface area contributed by atoms with Gasteiger partial charge in [-0.15, -0.1) is 0 Å². The number of amides is 1. The molecule has 1 aliphatic heterocycles. The van der Waals surface area contributed by atoms with Gasteiger partial charge in [0, 0.05) is 43.8 Å². The van der Waals surface area contributed by atoms with Gasteiger partial charge in [0.15, 0.2) is 0 Å². The molecule has 1 saturated heterocycles. The van der Waals surface area contributed by atoms with Crippen molar-refractivity contribution < 1.29 is 9.18 Å². The number of carbonyl (C=O) groups is 1. The van der Waals surface area contributed by atoms with E-state index in [0.717, 1.165) is 51.1 Å².